The summed E-state index contributed by atoms with van der Waals surface area (Å²) in [4.78, 5) is 13.3. The Balaban J connectivity index is 1.81. The lowest BCUT2D eigenvalue weighted by Gasteiger charge is -2.24. The molecule has 0 spiro atoms. The summed E-state index contributed by atoms with van der Waals surface area (Å²) in [5.41, 5.74) is -1.35. The lowest BCUT2D eigenvalue weighted by Crippen LogP contribution is -2.40. The zero-order valence-corrected chi connectivity index (χ0v) is 21.1. The quantitative estimate of drug-likeness (QED) is 0.184. The molecule has 0 aliphatic rings. The molecule has 0 bridgehead atoms. The predicted molar refractivity (Wildman–Crippen MR) is 131 cm³/mol. The Hall–Kier alpha value is -4.51. The number of halogens is 7. The summed E-state index contributed by atoms with van der Waals surface area (Å²) in [6.45, 7) is -1.86. The highest BCUT2D eigenvalue weighted by atomic mass is 32.2. The van der Waals surface area contributed by atoms with Gasteiger partial charge in [-0.05, 0) is 54.6 Å². The Labute approximate surface area is 227 Å². The summed E-state index contributed by atoms with van der Waals surface area (Å²) < 4.78 is 123. The third-order valence-electron chi connectivity index (χ3n) is 4.96. The van der Waals surface area contributed by atoms with Crippen molar-refractivity contribution in [3.05, 3.63) is 90.2 Å². The first-order valence-corrected chi connectivity index (χ1v) is 12.7. The van der Waals surface area contributed by atoms with Crippen LogP contribution in [-0.2, 0) is 16.2 Å². The van der Waals surface area contributed by atoms with Crippen LogP contribution in [0.25, 0.3) is 0 Å². The zero-order valence-electron chi connectivity index (χ0n) is 20.3. The molecule has 2 N–H and O–H groups in total. The molecule has 41 heavy (non-hydrogen) atoms. The first-order valence-electron chi connectivity index (χ1n) is 11.2. The van der Waals surface area contributed by atoms with E-state index in [0.717, 1.165) is 36.4 Å². The number of sulfonamides is 1. The number of hydrogen-bond acceptors (Lipinski definition) is 8. The Bertz CT molecular complexity index is 1600. The smallest absolute Gasteiger partial charge is 0.422 e. The largest absolute Gasteiger partial charge is 0.454 e. The summed E-state index contributed by atoms with van der Waals surface area (Å²) in [6.07, 6.45) is -9.54. The number of hydrogen-bond donors (Lipinski definition) is 2. The molecule has 1 heterocycles. The van der Waals surface area contributed by atoms with Crippen LogP contribution in [0.15, 0.2) is 83.8 Å². The van der Waals surface area contributed by atoms with Crippen LogP contribution in [0, 0.1) is 5.82 Å². The number of aromatic nitrogens is 3. The highest BCUT2D eigenvalue weighted by molar-refractivity contribution is 7.89. The summed E-state index contributed by atoms with van der Waals surface area (Å²) in [7, 11) is -4.39. The predicted octanol–water partition coefficient (Wildman–Crippen LogP) is 5.75. The van der Waals surface area contributed by atoms with E-state index in [0.29, 0.717) is 11.1 Å². The standard InChI is InChI=1S/C24H17F7N6O3S/c25-16-9-11-18(12-10-16)37(36-41(38,39)19-7-2-1-3-8-19)21-33-20(34-22(35-21)40-14-23(26,27)28)32-17-6-4-5-15(13-17)24(29,30)31/h1-13,36H,14H2,(H,32,33,34,35). The van der Waals surface area contributed by atoms with Crippen molar-refractivity contribution in [1.82, 2.24) is 19.8 Å². The number of alkyl halides is 6. The van der Waals surface area contributed by atoms with Crippen LogP contribution in [0.5, 0.6) is 6.01 Å². The number of anilines is 4. The number of rotatable bonds is 9. The number of hydrazine groups is 1. The van der Waals surface area contributed by atoms with Gasteiger partial charge in [-0.2, -0.15) is 41.3 Å². The maximum atomic E-state index is 13.6. The van der Waals surface area contributed by atoms with Gasteiger partial charge in [-0.15, -0.1) is 4.83 Å². The number of benzene rings is 3. The van der Waals surface area contributed by atoms with Crippen molar-refractivity contribution >= 4 is 33.3 Å². The number of ether oxygens (including phenoxy) is 1. The van der Waals surface area contributed by atoms with E-state index in [9.17, 15) is 39.2 Å². The zero-order chi connectivity index (χ0) is 29.8. The van der Waals surface area contributed by atoms with E-state index in [-0.39, 0.29) is 16.3 Å². The van der Waals surface area contributed by atoms with Gasteiger partial charge >= 0.3 is 18.4 Å². The molecule has 0 aliphatic heterocycles. The van der Waals surface area contributed by atoms with E-state index in [1.165, 1.54) is 30.3 Å². The van der Waals surface area contributed by atoms with E-state index in [1.807, 2.05) is 0 Å². The van der Waals surface area contributed by atoms with Crippen molar-refractivity contribution in [3.8, 4) is 6.01 Å². The van der Waals surface area contributed by atoms with Crippen LogP contribution in [0.1, 0.15) is 5.56 Å². The molecule has 0 aliphatic carbocycles. The second-order valence-corrected chi connectivity index (χ2v) is 9.73. The van der Waals surface area contributed by atoms with E-state index < -0.39 is 58.3 Å². The summed E-state index contributed by atoms with van der Waals surface area (Å²) in [6, 6.07) is 13.8. The van der Waals surface area contributed by atoms with Gasteiger partial charge in [0.25, 0.3) is 16.0 Å². The highest BCUT2D eigenvalue weighted by Gasteiger charge is 2.31. The maximum Gasteiger partial charge on any atom is 0.422 e. The van der Waals surface area contributed by atoms with Crippen LogP contribution >= 0.6 is 0 Å². The van der Waals surface area contributed by atoms with Crippen molar-refractivity contribution in [1.29, 1.82) is 0 Å². The number of nitrogens with zero attached hydrogens (tertiary/aromatic N) is 4. The topological polar surface area (TPSA) is 109 Å². The van der Waals surface area contributed by atoms with Crippen LogP contribution < -0.4 is 19.9 Å². The normalized spacial score (nSPS) is 12.2. The van der Waals surface area contributed by atoms with Crippen LogP contribution in [0.3, 0.4) is 0 Å². The minimum Gasteiger partial charge on any atom is -0.454 e. The molecular weight excluding hydrogens is 585 g/mol. The number of nitrogens with one attached hydrogen (secondary N) is 2. The molecule has 4 aromatic rings. The van der Waals surface area contributed by atoms with Gasteiger partial charge in [-0.25, -0.2) is 17.8 Å². The van der Waals surface area contributed by atoms with Gasteiger partial charge in [-0.1, -0.05) is 24.3 Å². The summed E-state index contributed by atoms with van der Waals surface area (Å²) in [5.74, 6) is -1.97. The van der Waals surface area contributed by atoms with E-state index >= 15 is 0 Å². The van der Waals surface area contributed by atoms with E-state index in [1.54, 1.807) is 6.07 Å². The second kappa shape index (κ2) is 11.5. The summed E-state index contributed by atoms with van der Waals surface area (Å²) >= 11 is 0. The monoisotopic (exact) mass is 602 g/mol. The molecule has 216 valence electrons. The summed E-state index contributed by atoms with van der Waals surface area (Å²) in [5, 5.41) is 3.11. The molecule has 4 rings (SSSR count). The van der Waals surface area contributed by atoms with Crippen molar-refractivity contribution in [2.45, 2.75) is 17.2 Å². The average Bonchev–Trinajstić information content (AvgIpc) is 2.91. The molecule has 0 atom stereocenters. The lowest BCUT2D eigenvalue weighted by atomic mass is 10.2. The molecular formula is C24H17F7N6O3S. The van der Waals surface area contributed by atoms with Crippen LogP contribution in [0.4, 0.5) is 54.0 Å². The van der Waals surface area contributed by atoms with Crippen molar-refractivity contribution in [2.24, 2.45) is 0 Å². The Kier molecular flexibility index (Phi) is 8.29. The maximum absolute atomic E-state index is 13.6. The molecule has 0 amide bonds. The van der Waals surface area contributed by atoms with Gasteiger partial charge in [-0.3, -0.25) is 0 Å². The van der Waals surface area contributed by atoms with E-state index in [2.05, 4.69) is 29.8 Å². The van der Waals surface area contributed by atoms with Crippen molar-refractivity contribution in [2.75, 3.05) is 16.9 Å². The van der Waals surface area contributed by atoms with Gasteiger partial charge in [0.1, 0.15) is 5.82 Å². The van der Waals surface area contributed by atoms with Gasteiger partial charge < -0.3 is 10.1 Å². The van der Waals surface area contributed by atoms with Gasteiger partial charge in [0.15, 0.2) is 6.61 Å². The van der Waals surface area contributed by atoms with Crippen molar-refractivity contribution in [3.63, 3.8) is 0 Å². The molecule has 17 heteroatoms. The Morgan fingerprint density at radius 3 is 2.15 bits per heavy atom. The molecule has 1 aromatic heterocycles. The minimum absolute atomic E-state index is 0.0936. The Morgan fingerprint density at radius 1 is 0.829 bits per heavy atom. The lowest BCUT2D eigenvalue weighted by molar-refractivity contribution is -0.154. The highest BCUT2D eigenvalue weighted by Crippen LogP contribution is 2.32. The molecule has 0 fully saturated rings. The molecule has 0 radical (unpaired) electrons. The minimum atomic E-state index is -4.83. The first-order chi connectivity index (χ1) is 19.2. The molecule has 0 saturated carbocycles. The molecule has 0 unspecified atom stereocenters. The van der Waals surface area contributed by atoms with Crippen molar-refractivity contribution < 1.29 is 43.9 Å². The fourth-order valence-corrected chi connectivity index (χ4v) is 4.24. The van der Waals surface area contributed by atoms with Gasteiger partial charge in [0, 0.05) is 5.69 Å². The average molecular weight is 602 g/mol. The van der Waals surface area contributed by atoms with E-state index in [4.69, 9.17) is 0 Å². The van der Waals surface area contributed by atoms with Gasteiger partial charge in [0.2, 0.25) is 5.95 Å². The Morgan fingerprint density at radius 2 is 1.51 bits per heavy atom. The molecule has 9 nitrogen and oxygen atoms in total. The third-order valence-corrected chi connectivity index (χ3v) is 6.28. The first kappa shape index (κ1) is 29.5. The van der Waals surface area contributed by atoms with Crippen LogP contribution in [0.2, 0.25) is 0 Å². The van der Waals surface area contributed by atoms with Crippen LogP contribution in [-0.4, -0.2) is 36.2 Å². The molecule has 3 aromatic carbocycles. The fraction of sp³-hybridized carbons (Fsp3) is 0.125. The fourth-order valence-electron chi connectivity index (χ4n) is 3.19. The SMILES string of the molecule is O=S(=O)(NN(c1ccc(F)cc1)c1nc(Nc2cccc(C(F)(F)F)c2)nc(OCC(F)(F)F)n1)c1ccccc1. The molecule has 0 saturated heterocycles. The second-order valence-electron chi connectivity index (χ2n) is 8.07. The third kappa shape index (κ3) is 8.01. The van der Waals surface area contributed by atoms with Gasteiger partial charge in [0.05, 0.1) is 16.1 Å².